The highest BCUT2D eigenvalue weighted by atomic mass is 32.1. The summed E-state index contributed by atoms with van der Waals surface area (Å²) in [6.07, 6.45) is 0. The van der Waals surface area contributed by atoms with Gasteiger partial charge in [-0.1, -0.05) is 29.4 Å². The van der Waals surface area contributed by atoms with E-state index in [0.717, 1.165) is 21.7 Å². The maximum Gasteiger partial charge on any atom is 0.268 e. The van der Waals surface area contributed by atoms with Gasteiger partial charge < -0.3 is 15.2 Å². The van der Waals surface area contributed by atoms with E-state index in [1.807, 2.05) is 56.5 Å². The number of nitrogens with one attached hydrogen (secondary N) is 2. The highest BCUT2D eigenvalue weighted by Crippen LogP contribution is 2.22. The Morgan fingerprint density at radius 1 is 1.24 bits per heavy atom. The van der Waals surface area contributed by atoms with Crippen LogP contribution in [0.5, 0.6) is 0 Å². The second kappa shape index (κ2) is 7.48. The number of carbonyl (C=O) groups excluding carboxylic acids is 1. The van der Waals surface area contributed by atoms with Crippen LogP contribution in [0, 0.1) is 13.8 Å². The Hall–Kier alpha value is -2.67. The minimum atomic E-state index is -0.372. The first-order chi connectivity index (χ1) is 12.0. The second-order valence-corrected chi connectivity index (χ2v) is 6.79. The van der Waals surface area contributed by atoms with Crippen molar-refractivity contribution < 1.29 is 9.32 Å². The Morgan fingerprint density at radius 3 is 2.68 bits per heavy atom. The zero-order chi connectivity index (χ0) is 17.8. The number of hydrogen-bond donors (Lipinski definition) is 2. The van der Waals surface area contributed by atoms with E-state index in [-0.39, 0.29) is 18.5 Å². The van der Waals surface area contributed by atoms with E-state index in [9.17, 15) is 4.79 Å². The Morgan fingerprint density at radius 2 is 2.00 bits per heavy atom. The van der Waals surface area contributed by atoms with Crippen LogP contribution in [0.1, 0.15) is 23.9 Å². The van der Waals surface area contributed by atoms with Crippen LogP contribution in [0.2, 0.25) is 0 Å². The maximum absolute atomic E-state index is 12.3. The predicted molar refractivity (Wildman–Crippen MR) is 98.5 cm³/mol. The molecule has 1 amide bonds. The van der Waals surface area contributed by atoms with Gasteiger partial charge in [0, 0.05) is 5.69 Å². The molecule has 0 aliphatic carbocycles. The summed E-state index contributed by atoms with van der Waals surface area (Å²) in [6, 6.07) is 9.51. The van der Waals surface area contributed by atoms with Crippen LogP contribution in [0.25, 0.3) is 10.8 Å². The molecule has 3 aromatic rings. The molecule has 3 rings (SSSR count). The first-order valence-electron chi connectivity index (χ1n) is 8.01. The Bertz CT molecular complexity index is 838. The van der Waals surface area contributed by atoms with Crippen LogP contribution in [0.15, 0.2) is 40.2 Å². The van der Waals surface area contributed by atoms with Gasteiger partial charge in [-0.05, 0) is 43.3 Å². The van der Waals surface area contributed by atoms with Crippen molar-refractivity contribution >= 4 is 22.9 Å². The van der Waals surface area contributed by atoms with E-state index in [1.54, 1.807) is 0 Å². The lowest BCUT2D eigenvalue weighted by atomic mass is 10.1. The summed E-state index contributed by atoms with van der Waals surface area (Å²) >= 11 is 1.53. The number of thiophene rings is 1. The molecule has 0 bridgehead atoms. The molecule has 0 aliphatic rings. The molecule has 1 atom stereocenters. The van der Waals surface area contributed by atoms with E-state index in [0.29, 0.717) is 11.7 Å². The number of aromatic nitrogens is 2. The molecule has 0 fully saturated rings. The van der Waals surface area contributed by atoms with Crippen molar-refractivity contribution in [1.82, 2.24) is 15.5 Å². The summed E-state index contributed by atoms with van der Waals surface area (Å²) in [4.78, 5) is 17.5. The number of hydrogen-bond acceptors (Lipinski definition) is 6. The third-order valence-electron chi connectivity index (χ3n) is 3.86. The van der Waals surface area contributed by atoms with Gasteiger partial charge in [-0.15, -0.1) is 11.3 Å². The van der Waals surface area contributed by atoms with Crippen LogP contribution < -0.4 is 10.6 Å². The summed E-state index contributed by atoms with van der Waals surface area (Å²) in [6.45, 7) is 6.09. The lowest BCUT2D eigenvalue weighted by Crippen LogP contribution is -2.37. The third-order valence-corrected chi connectivity index (χ3v) is 4.71. The minimum Gasteiger partial charge on any atom is -0.373 e. The highest BCUT2D eigenvalue weighted by Gasteiger charge is 2.16. The van der Waals surface area contributed by atoms with Gasteiger partial charge in [0.15, 0.2) is 5.82 Å². The summed E-state index contributed by atoms with van der Waals surface area (Å²) in [7, 11) is 0. The average molecular weight is 356 g/mol. The molecule has 1 unspecified atom stereocenters. The first-order valence-corrected chi connectivity index (χ1v) is 8.89. The van der Waals surface area contributed by atoms with Crippen molar-refractivity contribution in [3.8, 4) is 10.8 Å². The number of amides is 1. The Labute approximate surface area is 150 Å². The van der Waals surface area contributed by atoms with Gasteiger partial charge in [-0.3, -0.25) is 4.79 Å². The van der Waals surface area contributed by atoms with Gasteiger partial charge in [0.1, 0.15) is 6.04 Å². The zero-order valence-electron chi connectivity index (χ0n) is 14.4. The lowest BCUT2D eigenvalue weighted by Gasteiger charge is -2.18. The van der Waals surface area contributed by atoms with E-state index >= 15 is 0 Å². The van der Waals surface area contributed by atoms with Gasteiger partial charge in [-0.25, -0.2) is 0 Å². The summed E-state index contributed by atoms with van der Waals surface area (Å²) < 4.78 is 5.21. The molecule has 130 valence electrons. The largest absolute Gasteiger partial charge is 0.373 e. The number of rotatable bonds is 6. The van der Waals surface area contributed by atoms with Gasteiger partial charge in [0.25, 0.3) is 5.89 Å². The molecule has 6 nitrogen and oxygen atoms in total. The van der Waals surface area contributed by atoms with E-state index in [4.69, 9.17) is 4.52 Å². The number of nitrogens with zero attached hydrogens (tertiary/aromatic N) is 2. The van der Waals surface area contributed by atoms with Crippen LogP contribution in [-0.2, 0) is 11.3 Å². The molecule has 0 saturated heterocycles. The van der Waals surface area contributed by atoms with Gasteiger partial charge in [0.05, 0.1) is 11.4 Å². The van der Waals surface area contributed by atoms with E-state index < -0.39 is 0 Å². The van der Waals surface area contributed by atoms with Crippen molar-refractivity contribution in [3.63, 3.8) is 0 Å². The molecule has 7 heteroatoms. The normalized spacial score (nSPS) is 12.0. The highest BCUT2D eigenvalue weighted by molar-refractivity contribution is 7.13. The van der Waals surface area contributed by atoms with Crippen molar-refractivity contribution in [2.45, 2.75) is 33.4 Å². The van der Waals surface area contributed by atoms with Crippen molar-refractivity contribution in [3.05, 3.63) is 52.7 Å². The van der Waals surface area contributed by atoms with Gasteiger partial charge >= 0.3 is 0 Å². The molecule has 0 spiro atoms. The maximum atomic E-state index is 12.3. The quantitative estimate of drug-likeness (QED) is 0.706. The number of carbonyl (C=O) groups is 1. The van der Waals surface area contributed by atoms with Crippen LogP contribution >= 0.6 is 11.3 Å². The molecule has 1 aromatic carbocycles. The Kier molecular flexibility index (Phi) is 5.14. The number of anilines is 1. The fourth-order valence-corrected chi connectivity index (χ4v) is 3.11. The fourth-order valence-electron chi connectivity index (χ4n) is 2.47. The number of aryl methyl sites for hydroxylation is 2. The monoisotopic (exact) mass is 356 g/mol. The van der Waals surface area contributed by atoms with Crippen molar-refractivity contribution in [2.75, 3.05) is 5.32 Å². The Balaban J connectivity index is 1.57. The van der Waals surface area contributed by atoms with Gasteiger partial charge in [0.2, 0.25) is 5.91 Å². The average Bonchev–Trinajstić information content (AvgIpc) is 3.26. The summed E-state index contributed by atoms with van der Waals surface area (Å²) in [5.41, 5.74) is 3.21. The molecule has 0 saturated carbocycles. The zero-order valence-corrected chi connectivity index (χ0v) is 15.2. The van der Waals surface area contributed by atoms with Crippen molar-refractivity contribution in [1.29, 1.82) is 0 Å². The van der Waals surface area contributed by atoms with Crippen LogP contribution in [-0.4, -0.2) is 22.1 Å². The molecule has 0 radical (unpaired) electrons. The third kappa shape index (κ3) is 4.06. The molecular formula is C18H20N4O2S. The smallest absolute Gasteiger partial charge is 0.268 e. The number of benzene rings is 1. The summed E-state index contributed by atoms with van der Waals surface area (Å²) in [5.74, 6) is 0.808. The SMILES string of the molecule is Cc1cccc(C)c1NC(C)C(=O)NCc1noc(-c2cccs2)n1. The predicted octanol–water partition coefficient (Wildman–Crippen LogP) is 3.53. The van der Waals surface area contributed by atoms with Crippen LogP contribution in [0.3, 0.4) is 0 Å². The molecule has 2 N–H and O–H groups in total. The van der Waals surface area contributed by atoms with Gasteiger partial charge in [-0.2, -0.15) is 4.98 Å². The minimum absolute atomic E-state index is 0.120. The molecule has 25 heavy (non-hydrogen) atoms. The molecule has 0 aliphatic heterocycles. The van der Waals surface area contributed by atoms with Crippen LogP contribution in [0.4, 0.5) is 5.69 Å². The molecule has 2 aromatic heterocycles. The second-order valence-electron chi connectivity index (χ2n) is 5.84. The summed E-state index contributed by atoms with van der Waals surface area (Å²) in [5, 5.41) is 11.9. The first kappa shape index (κ1) is 17.2. The fraction of sp³-hybridized carbons (Fsp3) is 0.278. The standard InChI is InChI=1S/C18H20N4O2S/c1-11-6-4-7-12(2)16(11)20-13(3)17(23)19-10-15-21-18(24-22-15)14-8-5-9-25-14/h4-9,13,20H,10H2,1-3H3,(H,19,23). The number of para-hydroxylation sites is 1. The molecule has 2 heterocycles. The molecular weight excluding hydrogens is 336 g/mol. The van der Waals surface area contributed by atoms with E-state index in [1.165, 1.54) is 11.3 Å². The lowest BCUT2D eigenvalue weighted by molar-refractivity contribution is -0.121. The van der Waals surface area contributed by atoms with E-state index in [2.05, 4.69) is 20.8 Å². The topological polar surface area (TPSA) is 80.0 Å². The van der Waals surface area contributed by atoms with Crippen molar-refractivity contribution in [2.24, 2.45) is 0 Å².